The molecule has 0 spiro atoms. The molecule has 1 heterocycles. The van der Waals surface area contributed by atoms with Crippen molar-refractivity contribution >= 4 is 17.5 Å². The second-order valence-electron chi connectivity index (χ2n) is 9.19. The van der Waals surface area contributed by atoms with Gasteiger partial charge < -0.3 is 19.7 Å². The Bertz CT molecular complexity index is 949. The lowest BCUT2D eigenvalue weighted by Crippen LogP contribution is -2.39. The van der Waals surface area contributed by atoms with Crippen molar-refractivity contribution in [1.29, 1.82) is 0 Å². The Morgan fingerprint density at radius 3 is 2.68 bits per heavy atom. The van der Waals surface area contributed by atoms with E-state index in [2.05, 4.69) is 5.32 Å². The predicted octanol–water partition coefficient (Wildman–Crippen LogP) is 4.42. The minimum Gasteiger partial charge on any atom is -0.496 e. The summed E-state index contributed by atoms with van der Waals surface area (Å²) in [6.07, 6.45) is 0.543. The molecule has 2 aromatic rings. The van der Waals surface area contributed by atoms with E-state index in [1.807, 2.05) is 68.1 Å². The molecule has 0 saturated heterocycles. The number of hydrogen-bond donors (Lipinski definition) is 1. The molecule has 1 atom stereocenters. The molecule has 0 aromatic heterocycles. The van der Waals surface area contributed by atoms with Gasteiger partial charge in [0, 0.05) is 30.8 Å². The Morgan fingerprint density at radius 2 is 1.97 bits per heavy atom. The van der Waals surface area contributed by atoms with Crippen LogP contribution in [0.4, 0.5) is 5.69 Å². The van der Waals surface area contributed by atoms with Gasteiger partial charge in [0.25, 0.3) is 5.91 Å². The standard InChI is InChI=1S/C25H32N2O4/c1-17-24(29)27(13-12-18-8-6-7-9-21(18)30-5)16-19-14-20(10-11-22(19)31-17)26-23(28)15-25(2,3)4/h6-11,14,17H,12-13,15-16H2,1-5H3,(H,26,28)/t17-/m1/s1. The zero-order valence-electron chi connectivity index (χ0n) is 19.0. The molecule has 0 saturated carbocycles. The fourth-order valence-corrected chi connectivity index (χ4v) is 3.72. The Balaban J connectivity index is 1.76. The number of rotatable bonds is 6. The maximum Gasteiger partial charge on any atom is 0.263 e. The third-order valence-corrected chi connectivity index (χ3v) is 5.20. The van der Waals surface area contributed by atoms with Crippen molar-refractivity contribution in [1.82, 2.24) is 4.90 Å². The van der Waals surface area contributed by atoms with Crippen LogP contribution in [0.5, 0.6) is 11.5 Å². The van der Waals surface area contributed by atoms with Gasteiger partial charge in [0.2, 0.25) is 5.91 Å². The quantitative estimate of drug-likeness (QED) is 0.745. The molecule has 31 heavy (non-hydrogen) atoms. The normalized spacial score (nSPS) is 16.2. The number of nitrogens with one attached hydrogen (secondary N) is 1. The van der Waals surface area contributed by atoms with Crippen LogP contribution >= 0.6 is 0 Å². The molecule has 0 radical (unpaired) electrons. The van der Waals surface area contributed by atoms with Crippen LogP contribution in [-0.2, 0) is 22.6 Å². The van der Waals surface area contributed by atoms with Gasteiger partial charge in [-0.1, -0.05) is 39.0 Å². The molecule has 6 heteroatoms. The van der Waals surface area contributed by atoms with Gasteiger partial charge >= 0.3 is 0 Å². The van der Waals surface area contributed by atoms with Crippen LogP contribution in [0.2, 0.25) is 0 Å². The van der Waals surface area contributed by atoms with E-state index in [1.54, 1.807) is 14.0 Å². The van der Waals surface area contributed by atoms with Crippen LogP contribution in [0, 0.1) is 5.41 Å². The summed E-state index contributed by atoms with van der Waals surface area (Å²) in [4.78, 5) is 27.1. The highest BCUT2D eigenvalue weighted by atomic mass is 16.5. The van der Waals surface area contributed by atoms with Crippen LogP contribution in [0.3, 0.4) is 0 Å². The maximum atomic E-state index is 12.9. The number of fused-ring (bicyclic) bond motifs is 1. The Labute approximate surface area is 184 Å². The molecule has 0 unspecified atom stereocenters. The number of benzene rings is 2. The smallest absolute Gasteiger partial charge is 0.263 e. The number of anilines is 1. The molecule has 166 valence electrons. The molecule has 3 rings (SSSR count). The van der Waals surface area contributed by atoms with Crippen LogP contribution < -0.4 is 14.8 Å². The summed E-state index contributed by atoms with van der Waals surface area (Å²) in [5.74, 6) is 1.41. The first-order chi connectivity index (χ1) is 14.7. The van der Waals surface area contributed by atoms with Crippen LogP contribution in [0.1, 0.15) is 45.2 Å². The lowest BCUT2D eigenvalue weighted by Gasteiger charge is -2.22. The average Bonchev–Trinajstić information content (AvgIpc) is 2.81. The van der Waals surface area contributed by atoms with Gasteiger partial charge in [0.05, 0.1) is 7.11 Å². The topological polar surface area (TPSA) is 67.9 Å². The van der Waals surface area contributed by atoms with E-state index in [0.717, 1.165) is 16.9 Å². The first-order valence-corrected chi connectivity index (χ1v) is 10.7. The number of ether oxygens (including phenoxy) is 2. The third-order valence-electron chi connectivity index (χ3n) is 5.20. The number of carbonyl (C=O) groups is 2. The number of amides is 2. The molecular weight excluding hydrogens is 392 g/mol. The van der Waals surface area contributed by atoms with Crippen LogP contribution in [0.25, 0.3) is 0 Å². The summed E-state index contributed by atoms with van der Waals surface area (Å²) in [5.41, 5.74) is 2.56. The molecule has 1 N–H and O–H groups in total. The van der Waals surface area contributed by atoms with Gasteiger partial charge in [0.15, 0.2) is 6.10 Å². The van der Waals surface area contributed by atoms with Gasteiger partial charge in [-0.3, -0.25) is 9.59 Å². The van der Waals surface area contributed by atoms with Crippen molar-refractivity contribution in [2.45, 2.75) is 53.2 Å². The fraction of sp³-hybridized carbons (Fsp3) is 0.440. The summed E-state index contributed by atoms with van der Waals surface area (Å²) in [5, 5.41) is 2.96. The highest BCUT2D eigenvalue weighted by Gasteiger charge is 2.28. The van der Waals surface area contributed by atoms with Crippen molar-refractivity contribution in [2.24, 2.45) is 5.41 Å². The lowest BCUT2D eigenvalue weighted by atomic mass is 9.92. The Kier molecular flexibility index (Phi) is 6.88. The minimum absolute atomic E-state index is 0.0283. The highest BCUT2D eigenvalue weighted by molar-refractivity contribution is 5.91. The van der Waals surface area contributed by atoms with E-state index < -0.39 is 6.10 Å². The van der Waals surface area contributed by atoms with Crippen molar-refractivity contribution in [2.75, 3.05) is 19.0 Å². The summed E-state index contributed by atoms with van der Waals surface area (Å²) >= 11 is 0. The van der Waals surface area contributed by atoms with E-state index in [1.165, 1.54) is 0 Å². The molecule has 0 fully saturated rings. The molecule has 0 bridgehead atoms. The second kappa shape index (κ2) is 9.41. The second-order valence-corrected chi connectivity index (χ2v) is 9.19. The van der Waals surface area contributed by atoms with Gasteiger partial charge in [-0.15, -0.1) is 0 Å². The molecular formula is C25H32N2O4. The summed E-state index contributed by atoms with van der Waals surface area (Å²) in [6, 6.07) is 13.4. The first-order valence-electron chi connectivity index (χ1n) is 10.7. The van der Waals surface area contributed by atoms with Gasteiger partial charge in [-0.2, -0.15) is 0 Å². The summed E-state index contributed by atoms with van der Waals surface area (Å²) < 4.78 is 11.3. The molecule has 1 aliphatic rings. The van der Waals surface area contributed by atoms with Crippen molar-refractivity contribution in [3.05, 3.63) is 53.6 Å². The van der Waals surface area contributed by atoms with Crippen LogP contribution in [0.15, 0.2) is 42.5 Å². The fourth-order valence-electron chi connectivity index (χ4n) is 3.72. The van der Waals surface area contributed by atoms with Gasteiger partial charge in [0.1, 0.15) is 11.5 Å². The minimum atomic E-state index is -0.569. The van der Waals surface area contributed by atoms with Gasteiger partial charge in [-0.25, -0.2) is 0 Å². The molecule has 2 amide bonds. The van der Waals surface area contributed by atoms with Crippen LogP contribution in [-0.4, -0.2) is 36.5 Å². The number of nitrogens with zero attached hydrogens (tertiary/aromatic N) is 1. The first kappa shape index (κ1) is 22.7. The van der Waals surface area contributed by atoms with Crippen molar-refractivity contribution < 1.29 is 19.1 Å². The average molecular weight is 425 g/mol. The Morgan fingerprint density at radius 1 is 1.23 bits per heavy atom. The Hall–Kier alpha value is -3.02. The number of carbonyl (C=O) groups excluding carboxylic acids is 2. The monoisotopic (exact) mass is 424 g/mol. The SMILES string of the molecule is COc1ccccc1CCN1Cc2cc(NC(=O)CC(C)(C)C)ccc2O[C@H](C)C1=O. The predicted molar refractivity (Wildman–Crippen MR) is 121 cm³/mol. The number of hydrogen-bond acceptors (Lipinski definition) is 4. The van der Waals surface area contributed by atoms with Gasteiger partial charge in [-0.05, 0) is 48.6 Å². The number of methoxy groups -OCH3 is 1. The molecule has 0 aliphatic carbocycles. The van der Waals surface area contributed by atoms with E-state index in [0.29, 0.717) is 37.4 Å². The number of para-hydroxylation sites is 1. The van der Waals surface area contributed by atoms with Crippen molar-refractivity contribution in [3.8, 4) is 11.5 Å². The third kappa shape index (κ3) is 6.00. The maximum absolute atomic E-state index is 12.9. The summed E-state index contributed by atoms with van der Waals surface area (Å²) in [7, 11) is 1.65. The highest BCUT2D eigenvalue weighted by Crippen LogP contribution is 2.30. The zero-order valence-corrected chi connectivity index (χ0v) is 19.0. The summed E-state index contributed by atoms with van der Waals surface area (Å²) in [6.45, 7) is 8.84. The molecule has 1 aliphatic heterocycles. The largest absolute Gasteiger partial charge is 0.496 e. The zero-order chi connectivity index (χ0) is 22.6. The molecule has 6 nitrogen and oxygen atoms in total. The van der Waals surface area contributed by atoms with E-state index >= 15 is 0 Å². The van der Waals surface area contributed by atoms with E-state index in [-0.39, 0.29) is 17.2 Å². The lowest BCUT2D eigenvalue weighted by molar-refractivity contribution is -0.137. The van der Waals surface area contributed by atoms with E-state index in [4.69, 9.17) is 9.47 Å². The van der Waals surface area contributed by atoms with E-state index in [9.17, 15) is 9.59 Å². The molecule has 2 aromatic carbocycles. The van der Waals surface area contributed by atoms with Crippen molar-refractivity contribution in [3.63, 3.8) is 0 Å².